The van der Waals surface area contributed by atoms with Crippen molar-refractivity contribution >= 4 is 5.97 Å². The van der Waals surface area contributed by atoms with E-state index in [9.17, 15) is 13.6 Å². The van der Waals surface area contributed by atoms with Crippen LogP contribution in [0.2, 0.25) is 0 Å². The van der Waals surface area contributed by atoms with E-state index < -0.39 is 17.6 Å². The van der Waals surface area contributed by atoms with Gasteiger partial charge in [0.25, 0.3) is 0 Å². The largest absolute Gasteiger partial charge is 0.481 e. The number of hydrogen-bond donors (Lipinski definition) is 3. The standard InChI is InChI=1S/C15H19F2N3O2/c16-11-5-10(6-12(17)7-11)13-8-14(19-18-13)20-3-1-9(2-4-20)15(21)22/h5-7,9,13-14,18-19H,1-4,8H2,(H,21,22). The minimum atomic E-state index is -0.731. The molecule has 0 saturated carbocycles. The Hall–Kier alpha value is -1.57. The number of likely N-dealkylation sites (tertiary alicyclic amines) is 1. The number of benzene rings is 1. The summed E-state index contributed by atoms with van der Waals surface area (Å²) in [5, 5.41) is 9.02. The van der Waals surface area contributed by atoms with Gasteiger partial charge in [-0.05, 0) is 37.0 Å². The van der Waals surface area contributed by atoms with E-state index in [1.807, 2.05) is 0 Å². The quantitative estimate of drug-likeness (QED) is 0.792. The highest BCUT2D eigenvalue weighted by Crippen LogP contribution is 2.27. The topological polar surface area (TPSA) is 64.6 Å². The summed E-state index contributed by atoms with van der Waals surface area (Å²) in [6.45, 7) is 1.42. The SMILES string of the molecule is O=C(O)C1CCN(C2CC(c3cc(F)cc(F)c3)NN2)CC1. The molecule has 0 aromatic heterocycles. The first-order chi connectivity index (χ1) is 10.5. The number of carbonyl (C=O) groups is 1. The van der Waals surface area contributed by atoms with Crippen LogP contribution >= 0.6 is 0 Å². The number of piperidine rings is 1. The molecule has 120 valence electrons. The first kappa shape index (κ1) is 15.3. The van der Waals surface area contributed by atoms with Gasteiger partial charge in [0, 0.05) is 25.2 Å². The normalized spacial score (nSPS) is 27.2. The van der Waals surface area contributed by atoms with Gasteiger partial charge in [-0.2, -0.15) is 0 Å². The maximum Gasteiger partial charge on any atom is 0.306 e. The van der Waals surface area contributed by atoms with Crippen LogP contribution in [0.15, 0.2) is 18.2 Å². The third kappa shape index (κ3) is 3.26. The number of carboxylic acid groups (broad SMARTS) is 1. The van der Waals surface area contributed by atoms with Crippen LogP contribution in [-0.2, 0) is 4.79 Å². The Bertz CT molecular complexity index is 541. The third-order valence-corrected chi connectivity index (χ3v) is 4.49. The van der Waals surface area contributed by atoms with Gasteiger partial charge in [0.2, 0.25) is 0 Å². The fourth-order valence-corrected chi connectivity index (χ4v) is 3.23. The Morgan fingerprint density at radius 2 is 1.77 bits per heavy atom. The van der Waals surface area contributed by atoms with Crippen molar-refractivity contribution in [1.82, 2.24) is 15.8 Å². The van der Waals surface area contributed by atoms with Gasteiger partial charge in [0.1, 0.15) is 11.6 Å². The highest BCUT2D eigenvalue weighted by atomic mass is 19.1. The van der Waals surface area contributed by atoms with E-state index in [2.05, 4.69) is 15.8 Å². The van der Waals surface area contributed by atoms with Crippen LogP contribution in [0.4, 0.5) is 8.78 Å². The van der Waals surface area contributed by atoms with Crippen LogP contribution in [0.5, 0.6) is 0 Å². The molecule has 2 unspecified atom stereocenters. The van der Waals surface area contributed by atoms with Crippen LogP contribution in [-0.4, -0.2) is 35.2 Å². The predicted molar refractivity (Wildman–Crippen MR) is 75.7 cm³/mol. The maximum atomic E-state index is 13.3. The summed E-state index contributed by atoms with van der Waals surface area (Å²) < 4.78 is 26.6. The molecule has 0 bridgehead atoms. The highest BCUT2D eigenvalue weighted by molar-refractivity contribution is 5.70. The highest BCUT2D eigenvalue weighted by Gasteiger charge is 2.33. The molecule has 1 aromatic rings. The van der Waals surface area contributed by atoms with Crippen molar-refractivity contribution in [1.29, 1.82) is 0 Å². The second-order valence-corrected chi connectivity index (χ2v) is 5.94. The van der Waals surface area contributed by atoms with E-state index in [-0.39, 0.29) is 18.1 Å². The lowest BCUT2D eigenvalue weighted by Gasteiger charge is -2.34. The second-order valence-electron chi connectivity index (χ2n) is 5.94. The van der Waals surface area contributed by atoms with Crippen molar-refractivity contribution in [3.63, 3.8) is 0 Å². The number of nitrogens with zero attached hydrogens (tertiary/aromatic N) is 1. The smallest absolute Gasteiger partial charge is 0.306 e. The van der Waals surface area contributed by atoms with Crippen LogP contribution in [0.25, 0.3) is 0 Å². The molecule has 5 nitrogen and oxygen atoms in total. The molecule has 2 heterocycles. The average molecular weight is 311 g/mol. The first-order valence-corrected chi connectivity index (χ1v) is 7.47. The third-order valence-electron chi connectivity index (χ3n) is 4.49. The van der Waals surface area contributed by atoms with Gasteiger partial charge < -0.3 is 5.11 Å². The number of halogens is 2. The Labute approximate surface area is 127 Å². The van der Waals surface area contributed by atoms with Crippen molar-refractivity contribution in [2.24, 2.45) is 5.92 Å². The fourth-order valence-electron chi connectivity index (χ4n) is 3.23. The van der Waals surface area contributed by atoms with E-state index in [1.165, 1.54) is 12.1 Å². The monoisotopic (exact) mass is 311 g/mol. The van der Waals surface area contributed by atoms with Gasteiger partial charge in [-0.3, -0.25) is 9.69 Å². The zero-order chi connectivity index (χ0) is 15.7. The number of hydrogen-bond acceptors (Lipinski definition) is 4. The average Bonchev–Trinajstić information content (AvgIpc) is 2.96. The Balaban J connectivity index is 1.60. The van der Waals surface area contributed by atoms with Crippen molar-refractivity contribution < 1.29 is 18.7 Å². The summed E-state index contributed by atoms with van der Waals surface area (Å²) in [5.41, 5.74) is 6.79. The summed E-state index contributed by atoms with van der Waals surface area (Å²) in [6, 6.07) is 3.37. The van der Waals surface area contributed by atoms with Gasteiger partial charge >= 0.3 is 5.97 Å². The maximum absolute atomic E-state index is 13.3. The Morgan fingerprint density at radius 1 is 1.14 bits per heavy atom. The second kappa shape index (κ2) is 6.28. The lowest BCUT2D eigenvalue weighted by atomic mass is 9.96. The van der Waals surface area contributed by atoms with Crippen molar-refractivity contribution in [2.45, 2.75) is 31.5 Å². The Morgan fingerprint density at radius 3 is 2.36 bits per heavy atom. The molecule has 0 spiro atoms. The van der Waals surface area contributed by atoms with Crippen molar-refractivity contribution in [2.75, 3.05) is 13.1 Å². The molecule has 22 heavy (non-hydrogen) atoms. The molecule has 3 N–H and O–H groups in total. The molecule has 2 saturated heterocycles. The number of carboxylic acids is 1. The fraction of sp³-hybridized carbons (Fsp3) is 0.533. The summed E-state index contributed by atoms with van der Waals surface area (Å²) in [7, 11) is 0. The lowest BCUT2D eigenvalue weighted by Crippen LogP contribution is -2.48. The van der Waals surface area contributed by atoms with Crippen molar-refractivity contribution in [3.05, 3.63) is 35.4 Å². The van der Waals surface area contributed by atoms with E-state index in [0.29, 0.717) is 37.9 Å². The molecular formula is C15H19F2N3O2. The minimum Gasteiger partial charge on any atom is -0.481 e. The molecule has 0 amide bonds. The van der Waals surface area contributed by atoms with Crippen molar-refractivity contribution in [3.8, 4) is 0 Å². The number of nitrogens with one attached hydrogen (secondary N) is 2. The molecule has 0 radical (unpaired) electrons. The van der Waals surface area contributed by atoms with Gasteiger partial charge in [0.15, 0.2) is 0 Å². The molecule has 0 aliphatic carbocycles. The molecule has 2 atom stereocenters. The molecule has 2 aliphatic heterocycles. The lowest BCUT2D eigenvalue weighted by molar-refractivity contribution is -0.143. The minimum absolute atomic E-state index is 0.0473. The van der Waals surface area contributed by atoms with Gasteiger partial charge in [-0.1, -0.05) is 0 Å². The zero-order valence-corrected chi connectivity index (χ0v) is 12.1. The zero-order valence-electron chi connectivity index (χ0n) is 12.1. The summed E-state index contributed by atoms with van der Waals surface area (Å²) in [5.74, 6) is -2.16. The molecule has 7 heteroatoms. The predicted octanol–water partition coefficient (Wildman–Crippen LogP) is 1.63. The van der Waals surface area contributed by atoms with Gasteiger partial charge in [0.05, 0.1) is 12.1 Å². The first-order valence-electron chi connectivity index (χ1n) is 7.47. The van der Waals surface area contributed by atoms with Crippen LogP contribution in [0, 0.1) is 17.6 Å². The van der Waals surface area contributed by atoms with Gasteiger partial charge in [-0.25, -0.2) is 19.6 Å². The Kier molecular flexibility index (Phi) is 4.37. The van der Waals surface area contributed by atoms with E-state index in [0.717, 1.165) is 6.07 Å². The number of aliphatic carboxylic acids is 1. The van der Waals surface area contributed by atoms with Crippen LogP contribution in [0.3, 0.4) is 0 Å². The van der Waals surface area contributed by atoms with E-state index in [4.69, 9.17) is 5.11 Å². The molecule has 1 aromatic carbocycles. The van der Waals surface area contributed by atoms with Gasteiger partial charge in [-0.15, -0.1) is 0 Å². The summed E-state index contributed by atoms with van der Waals surface area (Å²) >= 11 is 0. The molecule has 2 aliphatic rings. The summed E-state index contributed by atoms with van der Waals surface area (Å²) in [4.78, 5) is 13.1. The molecular weight excluding hydrogens is 292 g/mol. The van der Waals surface area contributed by atoms with Crippen LogP contribution < -0.4 is 10.9 Å². The van der Waals surface area contributed by atoms with Crippen LogP contribution in [0.1, 0.15) is 30.9 Å². The molecule has 3 rings (SSSR count). The van der Waals surface area contributed by atoms with E-state index >= 15 is 0 Å². The molecule has 2 fully saturated rings. The van der Waals surface area contributed by atoms with E-state index in [1.54, 1.807) is 0 Å². The summed E-state index contributed by atoms with van der Waals surface area (Å²) in [6.07, 6.45) is 1.99. The number of rotatable bonds is 3. The number of hydrazine groups is 1.